The molecule has 0 radical (unpaired) electrons. The minimum Gasteiger partial charge on any atom is -0.352 e. The van der Waals surface area contributed by atoms with E-state index in [1.165, 1.54) is 22.7 Å². The molecule has 7 heteroatoms. The summed E-state index contributed by atoms with van der Waals surface area (Å²) in [6.45, 7) is 3.96. The number of rotatable bonds is 6. The van der Waals surface area contributed by atoms with Crippen LogP contribution in [0.25, 0.3) is 0 Å². The summed E-state index contributed by atoms with van der Waals surface area (Å²) in [5, 5.41) is 11.2. The van der Waals surface area contributed by atoms with Crippen molar-refractivity contribution in [3.8, 4) is 0 Å². The van der Waals surface area contributed by atoms with Gasteiger partial charge in [-0.05, 0) is 11.4 Å². The van der Waals surface area contributed by atoms with Crippen molar-refractivity contribution < 1.29 is 9.59 Å². The molecule has 2 N–H and O–H groups in total. The topological polar surface area (TPSA) is 71.1 Å². The summed E-state index contributed by atoms with van der Waals surface area (Å²) in [5.74, 6) is -0.311. The van der Waals surface area contributed by atoms with Crippen molar-refractivity contribution in [3.05, 3.63) is 46.1 Å². The van der Waals surface area contributed by atoms with Crippen LogP contribution < -0.4 is 10.6 Å². The molecule has 0 aliphatic heterocycles. The molecule has 0 atom stereocenters. The van der Waals surface area contributed by atoms with Crippen LogP contribution >= 0.6 is 22.7 Å². The maximum absolute atomic E-state index is 11.8. The van der Waals surface area contributed by atoms with E-state index in [-0.39, 0.29) is 18.2 Å². The lowest BCUT2D eigenvalue weighted by Crippen LogP contribution is -2.25. The Morgan fingerprint density at radius 3 is 2.95 bits per heavy atom. The monoisotopic (exact) mass is 307 g/mol. The van der Waals surface area contributed by atoms with Crippen LogP contribution in [0.5, 0.6) is 0 Å². The van der Waals surface area contributed by atoms with Crippen LogP contribution in [0.2, 0.25) is 0 Å². The predicted octanol–water partition coefficient (Wildman–Crippen LogP) is 2.30. The number of nitrogens with zero attached hydrogens (tertiary/aromatic N) is 1. The SMILES string of the molecule is C=CCNC(=O)Cc1csc(NC(=O)c2ccsc2)n1. The highest BCUT2D eigenvalue weighted by molar-refractivity contribution is 7.14. The van der Waals surface area contributed by atoms with Crippen LogP contribution in [0, 0.1) is 0 Å². The number of aromatic nitrogens is 1. The molecular weight excluding hydrogens is 294 g/mol. The van der Waals surface area contributed by atoms with E-state index in [0.29, 0.717) is 22.9 Å². The molecule has 0 saturated heterocycles. The summed E-state index contributed by atoms with van der Waals surface area (Å²) in [6, 6.07) is 1.75. The lowest BCUT2D eigenvalue weighted by atomic mass is 10.3. The van der Waals surface area contributed by atoms with Gasteiger partial charge in [-0.1, -0.05) is 6.08 Å². The molecule has 104 valence electrons. The second-order valence-corrected chi connectivity index (χ2v) is 5.52. The molecule has 2 amide bonds. The molecule has 20 heavy (non-hydrogen) atoms. The van der Waals surface area contributed by atoms with Crippen molar-refractivity contribution in [1.29, 1.82) is 0 Å². The van der Waals surface area contributed by atoms with Gasteiger partial charge in [0.15, 0.2) is 5.13 Å². The number of thiazole rings is 1. The van der Waals surface area contributed by atoms with Gasteiger partial charge < -0.3 is 5.32 Å². The van der Waals surface area contributed by atoms with Crippen molar-refractivity contribution in [1.82, 2.24) is 10.3 Å². The van der Waals surface area contributed by atoms with Crippen LogP contribution in [0.3, 0.4) is 0 Å². The molecule has 0 fully saturated rings. The Kier molecular flexibility index (Phi) is 5.03. The second-order valence-electron chi connectivity index (χ2n) is 3.88. The Balaban J connectivity index is 1.90. The average molecular weight is 307 g/mol. The van der Waals surface area contributed by atoms with Crippen LogP contribution in [-0.2, 0) is 11.2 Å². The van der Waals surface area contributed by atoms with E-state index in [1.807, 2.05) is 5.38 Å². The minimum atomic E-state index is -0.191. The van der Waals surface area contributed by atoms with Crippen LogP contribution in [0.15, 0.2) is 34.9 Å². The number of amides is 2. The standard InChI is InChI=1S/C13H13N3O2S2/c1-2-4-14-11(17)6-10-8-20-13(15-10)16-12(18)9-3-5-19-7-9/h2-3,5,7-8H,1,4,6H2,(H,14,17)(H,15,16,18). The van der Waals surface area contributed by atoms with Gasteiger partial charge in [0.05, 0.1) is 17.7 Å². The highest BCUT2D eigenvalue weighted by Gasteiger charge is 2.11. The highest BCUT2D eigenvalue weighted by atomic mass is 32.1. The minimum absolute atomic E-state index is 0.120. The molecule has 0 bridgehead atoms. The summed E-state index contributed by atoms with van der Waals surface area (Å²) in [5.41, 5.74) is 1.24. The highest BCUT2D eigenvalue weighted by Crippen LogP contribution is 2.17. The molecule has 0 unspecified atom stereocenters. The largest absolute Gasteiger partial charge is 0.352 e. The van der Waals surface area contributed by atoms with Crippen LogP contribution in [0.1, 0.15) is 16.1 Å². The van der Waals surface area contributed by atoms with Gasteiger partial charge in [0.2, 0.25) is 5.91 Å². The molecule has 0 aromatic carbocycles. The smallest absolute Gasteiger partial charge is 0.258 e. The van der Waals surface area contributed by atoms with Gasteiger partial charge in [0, 0.05) is 17.3 Å². The number of carbonyl (C=O) groups is 2. The summed E-state index contributed by atoms with van der Waals surface area (Å²) in [4.78, 5) is 27.5. The Bertz CT molecular complexity index is 605. The molecular formula is C13H13N3O2S2. The molecule has 0 aliphatic rings. The van der Waals surface area contributed by atoms with Gasteiger partial charge in [-0.15, -0.1) is 17.9 Å². The Labute approximate surface area is 124 Å². The summed E-state index contributed by atoms with van der Waals surface area (Å²) in [7, 11) is 0. The zero-order valence-electron chi connectivity index (χ0n) is 10.6. The number of thiophene rings is 1. The first-order valence-corrected chi connectivity index (χ1v) is 7.67. The third-order valence-corrected chi connectivity index (χ3v) is 3.83. The maximum Gasteiger partial charge on any atom is 0.258 e. The Morgan fingerprint density at radius 2 is 2.25 bits per heavy atom. The van der Waals surface area contributed by atoms with Gasteiger partial charge in [-0.2, -0.15) is 11.3 Å². The lowest BCUT2D eigenvalue weighted by Gasteiger charge is -2.00. The Hall–Kier alpha value is -1.99. The summed E-state index contributed by atoms with van der Waals surface area (Å²) < 4.78 is 0. The van der Waals surface area contributed by atoms with Crippen molar-refractivity contribution >= 4 is 39.6 Å². The fourth-order valence-corrected chi connectivity index (χ4v) is 2.76. The molecule has 0 spiro atoms. The number of hydrogen-bond acceptors (Lipinski definition) is 5. The molecule has 2 aromatic heterocycles. The number of anilines is 1. The Morgan fingerprint density at radius 1 is 1.40 bits per heavy atom. The van der Waals surface area contributed by atoms with Crippen molar-refractivity contribution in [2.45, 2.75) is 6.42 Å². The molecule has 0 saturated carbocycles. The van der Waals surface area contributed by atoms with Gasteiger partial charge in [0.1, 0.15) is 0 Å². The van der Waals surface area contributed by atoms with Crippen molar-refractivity contribution in [2.24, 2.45) is 0 Å². The van der Waals surface area contributed by atoms with E-state index in [4.69, 9.17) is 0 Å². The molecule has 5 nitrogen and oxygen atoms in total. The van der Waals surface area contributed by atoms with E-state index in [1.54, 1.807) is 22.9 Å². The lowest BCUT2D eigenvalue weighted by molar-refractivity contribution is -0.120. The van der Waals surface area contributed by atoms with E-state index >= 15 is 0 Å². The maximum atomic E-state index is 11.8. The fourth-order valence-electron chi connectivity index (χ4n) is 1.42. The molecule has 2 rings (SSSR count). The van der Waals surface area contributed by atoms with Gasteiger partial charge in [-0.25, -0.2) is 4.98 Å². The first kappa shape index (κ1) is 14.4. The van der Waals surface area contributed by atoms with Crippen molar-refractivity contribution in [2.75, 3.05) is 11.9 Å². The fraction of sp³-hybridized carbons (Fsp3) is 0.154. The zero-order valence-corrected chi connectivity index (χ0v) is 12.2. The van der Waals surface area contributed by atoms with E-state index < -0.39 is 0 Å². The number of nitrogens with one attached hydrogen (secondary N) is 2. The third-order valence-electron chi connectivity index (χ3n) is 2.34. The normalized spacial score (nSPS) is 10.0. The third kappa shape index (κ3) is 4.01. The van der Waals surface area contributed by atoms with Crippen LogP contribution in [0.4, 0.5) is 5.13 Å². The number of hydrogen-bond donors (Lipinski definition) is 2. The van der Waals surface area contributed by atoms with E-state index in [0.717, 1.165) is 0 Å². The summed E-state index contributed by atoms with van der Waals surface area (Å²) in [6.07, 6.45) is 1.81. The van der Waals surface area contributed by atoms with Crippen molar-refractivity contribution in [3.63, 3.8) is 0 Å². The zero-order chi connectivity index (χ0) is 14.4. The number of carbonyl (C=O) groups excluding carboxylic acids is 2. The van der Waals surface area contributed by atoms with Gasteiger partial charge in [0.25, 0.3) is 5.91 Å². The second kappa shape index (κ2) is 6.97. The van der Waals surface area contributed by atoms with Crippen LogP contribution in [-0.4, -0.2) is 23.3 Å². The molecule has 2 heterocycles. The quantitative estimate of drug-likeness (QED) is 0.804. The van der Waals surface area contributed by atoms with Gasteiger partial charge in [-0.3, -0.25) is 14.9 Å². The predicted molar refractivity (Wildman–Crippen MR) is 81.3 cm³/mol. The first-order chi connectivity index (χ1) is 9.69. The molecule has 0 aliphatic carbocycles. The summed E-state index contributed by atoms with van der Waals surface area (Å²) >= 11 is 2.76. The first-order valence-electron chi connectivity index (χ1n) is 5.84. The molecule has 2 aromatic rings. The van der Waals surface area contributed by atoms with E-state index in [9.17, 15) is 9.59 Å². The average Bonchev–Trinajstić information content (AvgIpc) is 3.08. The van der Waals surface area contributed by atoms with E-state index in [2.05, 4.69) is 22.2 Å². The van der Waals surface area contributed by atoms with Gasteiger partial charge >= 0.3 is 0 Å².